The standard InChI is InChI=1S/C8H8O2.Li/c1-6-3-2-4-7(5-6)8(9)10;/h2-5H,1H3,(H,9,10);/q;+1/p-1. The van der Waals surface area contributed by atoms with Crippen molar-refractivity contribution in [1.29, 1.82) is 0 Å². The number of benzene rings is 1. The van der Waals surface area contributed by atoms with Crippen LogP contribution in [0.4, 0.5) is 0 Å². The van der Waals surface area contributed by atoms with Crippen LogP contribution in [0, 0.1) is 6.92 Å². The SMILES string of the molecule is Cc1cccc(C(=O)[O-])c1.[Li+]. The number of carbonyl (C=O) groups excluding carboxylic acids is 1. The zero-order valence-corrected chi connectivity index (χ0v) is 6.63. The van der Waals surface area contributed by atoms with E-state index in [1.54, 1.807) is 12.1 Å². The average molecular weight is 142 g/mol. The molecule has 0 unspecified atom stereocenters. The molecule has 0 aliphatic heterocycles. The summed E-state index contributed by atoms with van der Waals surface area (Å²) in [6, 6.07) is 6.63. The Kier molecular flexibility index (Phi) is 3.95. The zero-order valence-electron chi connectivity index (χ0n) is 6.63. The van der Waals surface area contributed by atoms with E-state index in [4.69, 9.17) is 0 Å². The van der Waals surface area contributed by atoms with Crippen LogP contribution in [0.3, 0.4) is 0 Å². The summed E-state index contributed by atoms with van der Waals surface area (Å²) in [7, 11) is 0. The van der Waals surface area contributed by atoms with Gasteiger partial charge < -0.3 is 9.90 Å². The summed E-state index contributed by atoms with van der Waals surface area (Å²) in [5.41, 5.74) is 1.17. The zero-order chi connectivity index (χ0) is 7.56. The van der Waals surface area contributed by atoms with Crippen LogP contribution < -0.4 is 24.0 Å². The Balaban J connectivity index is 0.000001000. The topological polar surface area (TPSA) is 40.1 Å². The Morgan fingerprint density at radius 2 is 2.09 bits per heavy atom. The Bertz CT molecular complexity index is 258. The van der Waals surface area contributed by atoms with Gasteiger partial charge in [-0.15, -0.1) is 0 Å². The molecule has 1 rings (SSSR count). The molecule has 0 amide bonds. The molecule has 11 heavy (non-hydrogen) atoms. The molecule has 1 aromatic rings. The van der Waals surface area contributed by atoms with E-state index in [1.165, 1.54) is 6.07 Å². The first-order valence-electron chi connectivity index (χ1n) is 2.98. The Hall–Kier alpha value is -0.713. The number of hydrogen-bond donors (Lipinski definition) is 0. The molecule has 3 heteroatoms. The molecular weight excluding hydrogens is 135 g/mol. The quantitative estimate of drug-likeness (QED) is 0.402. The minimum Gasteiger partial charge on any atom is -0.545 e. The molecule has 0 saturated heterocycles. The van der Waals surface area contributed by atoms with E-state index in [0.29, 0.717) is 0 Å². The van der Waals surface area contributed by atoms with Crippen LogP contribution in [0.1, 0.15) is 15.9 Å². The summed E-state index contributed by atoms with van der Waals surface area (Å²) < 4.78 is 0. The molecule has 0 heterocycles. The number of aryl methyl sites for hydroxylation is 1. The molecule has 0 fully saturated rings. The van der Waals surface area contributed by atoms with Gasteiger partial charge in [-0.1, -0.05) is 29.8 Å². The number of carboxylic acids is 1. The maximum atomic E-state index is 10.2. The predicted octanol–water partition coefficient (Wildman–Crippen LogP) is -2.64. The van der Waals surface area contributed by atoms with Crippen LogP contribution in [0.2, 0.25) is 0 Å². The van der Waals surface area contributed by atoms with Crippen LogP contribution >= 0.6 is 0 Å². The van der Waals surface area contributed by atoms with Gasteiger partial charge in [0.2, 0.25) is 0 Å². The van der Waals surface area contributed by atoms with E-state index in [-0.39, 0.29) is 24.4 Å². The van der Waals surface area contributed by atoms with Crippen molar-refractivity contribution in [2.45, 2.75) is 6.92 Å². The van der Waals surface area contributed by atoms with E-state index in [2.05, 4.69) is 0 Å². The third-order valence-electron chi connectivity index (χ3n) is 1.25. The molecule has 0 atom stereocenters. The van der Waals surface area contributed by atoms with Gasteiger partial charge in [0.25, 0.3) is 0 Å². The molecule has 2 nitrogen and oxygen atoms in total. The fraction of sp³-hybridized carbons (Fsp3) is 0.125. The Morgan fingerprint density at radius 1 is 1.45 bits per heavy atom. The van der Waals surface area contributed by atoms with Crippen LogP contribution in [-0.4, -0.2) is 5.97 Å². The number of hydrogen-bond acceptors (Lipinski definition) is 2. The van der Waals surface area contributed by atoms with Crippen molar-refractivity contribution in [3.63, 3.8) is 0 Å². The fourth-order valence-electron chi connectivity index (χ4n) is 0.772. The molecule has 0 N–H and O–H groups in total. The van der Waals surface area contributed by atoms with E-state index >= 15 is 0 Å². The maximum absolute atomic E-state index is 10.2. The van der Waals surface area contributed by atoms with Gasteiger partial charge in [-0.3, -0.25) is 0 Å². The third kappa shape index (κ3) is 2.79. The molecule has 52 valence electrons. The van der Waals surface area contributed by atoms with Gasteiger partial charge in [0.15, 0.2) is 0 Å². The number of rotatable bonds is 1. The Labute approximate surface area is 77.4 Å². The monoisotopic (exact) mass is 142 g/mol. The summed E-state index contributed by atoms with van der Waals surface area (Å²) in [6.07, 6.45) is 0. The molecule has 0 bridgehead atoms. The van der Waals surface area contributed by atoms with Gasteiger partial charge >= 0.3 is 18.9 Å². The first kappa shape index (κ1) is 10.3. The van der Waals surface area contributed by atoms with Crippen molar-refractivity contribution in [2.75, 3.05) is 0 Å². The van der Waals surface area contributed by atoms with Gasteiger partial charge in [0, 0.05) is 0 Å². The van der Waals surface area contributed by atoms with E-state index in [9.17, 15) is 9.90 Å². The first-order valence-corrected chi connectivity index (χ1v) is 2.98. The summed E-state index contributed by atoms with van der Waals surface area (Å²) in [5.74, 6) is -1.12. The number of carbonyl (C=O) groups is 1. The van der Waals surface area contributed by atoms with Gasteiger partial charge in [0.05, 0.1) is 5.97 Å². The van der Waals surface area contributed by atoms with Crippen molar-refractivity contribution in [2.24, 2.45) is 0 Å². The number of aromatic carboxylic acids is 1. The van der Waals surface area contributed by atoms with E-state index in [1.807, 2.05) is 13.0 Å². The largest absolute Gasteiger partial charge is 1.00 e. The second kappa shape index (κ2) is 4.22. The summed E-state index contributed by atoms with van der Waals surface area (Å²) >= 11 is 0. The molecule has 0 radical (unpaired) electrons. The minimum atomic E-state index is -1.12. The van der Waals surface area contributed by atoms with E-state index in [0.717, 1.165) is 5.56 Å². The van der Waals surface area contributed by atoms with Crippen LogP contribution in [-0.2, 0) is 0 Å². The molecule has 0 aliphatic rings. The molecule has 0 aromatic heterocycles. The van der Waals surface area contributed by atoms with Gasteiger partial charge in [-0.2, -0.15) is 0 Å². The third-order valence-corrected chi connectivity index (χ3v) is 1.25. The van der Waals surface area contributed by atoms with Crippen molar-refractivity contribution in [1.82, 2.24) is 0 Å². The molecule has 0 saturated carbocycles. The summed E-state index contributed by atoms with van der Waals surface area (Å²) in [4.78, 5) is 10.2. The van der Waals surface area contributed by atoms with Gasteiger partial charge in [-0.25, -0.2) is 0 Å². The van der Waals surface area contributed by atoms with Gasteiger partial charge in [0.1, 0.15) is 0 Å². The van der Waals surface area contributed by atoms with E-state index < -0.39 is 5.97 Å². The molecule has 1 aromatic carbocycles. The minimum absolute atomic E-state index is 0. The smallest absolute Gasteiger partial charge is 0.545 e. The van der Waals surface area contributed by atoms with Gasteiger partial charge in [-0.05, 0) is 12.5 Å². The fourth-order valence-corrected chi connectivity index (χ4v) is 0.772. The second-order valence-electron chi connectivity index (χ2n) is 2.16. The summed E-state index contributed by atoms with van der Waals surface area (Å²) in [5, 5.41) is 10.2. The van der Waals surface area contributed by atoms with Crippen molar-refractivity contribution < 1.29 is 28.8 Å². The van der Waals surface area contributed by atoms with Crippen LogP contribution in [0.15, 0.2) is 24.3 Å². The van der Waals surface area contributed by atoms with Crippen molar-refractivity contribution in [3.05, 3.63) is 35.4 Å². The maximum Gasteiger partial charge on any atom is 1.00 e. The van der Waals surface area contributed by atoms with Crippen LogP contribution in [0.5, 0.6) is 0 Å². The van der Waals surface area contributed by atoms with Crippen molar-refractivity contribution in [3.8, 4) is 0 Å². The number of carboxylic acid groups (broad SMARTS) is 1. The molecular formula is C8H7LiO2. The summed E-state index contributed by atoms with van der Waals surface area (Å²) in [6.45, 7) is 1.84. The predicted molar refractivity (Wildman–Crippen MR) is 35.5 cm³/mol. The van der Waals surface area contributed by atoms with Crippen LogP contribution in [0.25, 0.3) is 0 Å². The Morgan fingerprint density at radius 3 is 2.45 bits per heavy atom. The average Bonchev–Trinajstić information content (AvgIpc) is 1.88. The first-order chi connectivity index (χ1) is 4.70. The van der Waals surface area contributed by atoms with Crippen molar-refractivity contribution >= 4 is 5.97 Å². The molecule has 0 spiro atoms. The second-order valence-corrected chi connectivity index (χ2v) is 2.16. The normalized spacial score (nSPS) is 8.45. The molecule has 0 aliphatic carbocycles.